The molecule has 0 radical (unpaired) electrons. The van der Waals surface area contributed by atoms with Gasteiger partial charge in [-0.3, -0.25) is 24.0 Å². The Morgan fingerprint density at radius 3 is 2.36 bits per heavy atom. The van der Waals surface area contributed by atoms with E-state index in [1.165, 1.54) is 24.1 Å². The minimum atomic E-state index is -4.10. The lowest BCUT2D eigenvalue weighted by atomic mass is 9.95. The van der Waals surface area contributed by atoms with Gasteiger partial charge in [0, 0.05) is 29.7 Å². The standard InChI is InChI=1S/C26H33ClN4O7S/c1-18(26(33)28-21-7-5-4-6-8-21)29(16-19-9-11-20(27)12-10-19)25(32)17-30(39(3,36)37)23-15-22(31(34)35)13-14-24(23)38-2/h9-15,18,21H,4-8,16-17H2,1-3H3,(H,28,33). The van der Waals surface area contributed by atoms with Crippen LogP contribution in [0.3, 0.4) is 0 Å². The van der Waals surface area contributed by atoms with Gasteiger partial charge in [0.1, 0.15) is 24.0 Å². The Hall–Kier alpha value is -3.38. The van der Waals surface area contributed by atoms with Crippen LogP contribution in [0.25, 0.3) is 0 Å². The molecule has 0 aromatic heterocycles. The average Bonchev–Trinajstić information content (AvgIpc) is 2.90. The quantitative estimate of drug-likeness (QED) is 0.314. The van der Waals surface area contributed by atoms with Gasteiger partial charge < -0.3 is 15.0 Å². The van der Waals surface area contributed by atoms with E-state index < -0.39 is 33.4 Å². The van der Waals surface area contributed by atoms with Crippen LogP contribution in [-0.2, 0) is 26.2 Å². The summed E-state index contributed by atoms with van der Waals surface area (Å²) in [5.74, 6) is -0.982. The highest BCUT2D eigenvalue weighted by molar-refractivity contribution is 7.92. The minimum absolute atomic E-state index is 0.0128. The van der Waals surface area contributed by atoms with Gasteiger partial charge in [-0.15, -0.1) is 0 Å². The van der Waals surface area contributed by atoms with E-state index in [4.69, 9.17) is 16.3 Å². The number of amides is 2. The fraction of sp³-hybridized carbons (Fsp3) is 0.462. The van der Waals surface area contributed by atoms with Crippen molar-refractivity contribution in [3.8, 4) is 5.75 Å². The van der Waals surface area contributed by atoms with Crippen LogP contribution in [0, 0.1) is 10.1 Å². The van der Waals surface area contributed by atoms with Crippen molar-refractivity contribution in [3.63, 3.8) is 0 Å². The van der Waals surface area contributed by atoms with E-state index in [1.54, 1.807) is 31.2 Å². The summed E-state index contributed by atoms with van der Waals surface area (Å²) >= 11 is 6.00. The van der Waals surface area contributed by atoms with E-state index in [0.29, 0.717) is 10.6 Å². The summed E-state index contributed by atoms with van der Waals surface area (Å²) in [4.78, 5) is 39.0. The van der Waals surface area contributed by atoms with Crippen molar-refractivity contribution >= 4 is 44.8 Å². The Labute approximate surface area is 233 Å². The van der Waals surface area contributed by atoms with E-state index in [2.05, 4.69) is 5.32 Å². The molecule has 1 fully saturated rings. The highest BCUT2D eigenvalue weighted by Gasteiger charge is 2.32. The van der Waals surface area contributed by atoms with E-state index in [-0.39, 0.29) is 35.6 Å². The molecule has 3 rings (SSSR count). The third-order valence-corrected chi connectivity index (χ3v) is 8.08. The first-order chi connectivity index (χ1) is 18.4. The van der Waals surface area contributed by atoms with Crippen molar-refractivity contribution in [2.24, 2.45) is 0 Å². The van der Waals surface area contributed by atoms with Gasteiger partial charge in [-0.1, -0.05) is 43.0 Å². The Morgan fingerprint density at radius 1 is 1.15 bits per heavy atom. The van der Waals surface area contributed by atoms with Gasteiger partial charge in [0.2, 0.25) is 21.8 Å². The summed E-state index contributed by atoms with van der Waals surface area (Å²) in [5.41, 5.74) is 0.155. The topological polar surface area (TPSA) is 139 Å². The lowest BCUT2D eigenvalue weighted by molar-refractivity contribution is -0.384. The fourth-order valence-electron chi connectivity index (χ4n) is 4.52. The third-order valence-electron chi connectivity index (χ3n) is 6.71. The van der Waals surface area contributed by atoms with E-state index in [1.807, 2.05) is 0 Å². The normalized spacial score (nSPS) is 14.8. The maximum Gasteiger partial charge on any atom is 0.271 e. The van der Waals surface area contributed by atoms with Crippen molar-refractivity contribution in [2.45, 2.75) is 57.7 Å². The minimum Gasteiger partial charge on any atom is -0.495 e. The van der Waals surface area contributed by atoms with Gasteiger partial charge in [-0.25, -0.2) is 8.42 Å². The second-order valence-corrected chi connectivity index (χ2v) is 11.9. The Kier molecular flexibility index (Phi) is 10.1. The number of methoxy groups -OCH3 is 1. The van der Waals surface area contributed by atoms with Crippen LogP contribution < -0.4 is 14.4 Å². The monoisotopic (exact) mass is 580 g/mol. The van der Waals surface area contributed by atoms with Gasteiger partial charge in [0.05, 0.1) is 18.3 Å². The SMILES string of the molecule is COc1ccc([N+](=O)[O-])cc1N(CC(=O)N(Cc1ccc(Cl)cc1)C(C)C(=O)NC1CCCCC1)S(C)(=O)=O. The molecule has 1 aliphatic rings. The molecular formula is C26H33ClN4O7S. The van der Waals surface area contributed by atoms with Crippen LogP contribution in [-0.4, -0.2) is 62.0 Å². The van der Waals surface area contributed by atoms with E-state index >= 15 is 0 Å². The molecule has 2 aromatic rings. The van der Waals surface area contributed by atoms with Crippen LogP contribution in [0.1, 0.15) is 44.6 Å². The smallest absolute Gasteiger partial charge is 0.271 e. The summed E-state index contributed by atoms with van der Waals surface area (Å²) in [6.45, 7) is 0.897. The number of ether oxygens (including phenoxy) is 1. The fourth-order valence-corrected chi connectivity index (χ4v) is 5.49. The predicted molar refractivity (Wildman–Crippen MR) is 148 cm³/mol. The number of hydrogen-bond donors (Lipinski definition) is 1. The average molecular weight is 581 g/mol. The number of nitrogens with one attached hydrogen (secondary N) is 1. The summed E-state index contributed by atoms with van der Waals surface area (Å²) < 4.78 is 31.7. The highest BCUT2D eigenvalue weighted by atomic mass is 35.5. The van der Waals surface area contributed by atoms with Gasteiger partial charge in [-0.05, 0) is 43.5 Å². The van der Waals surface area contributed by atoms with Crippen molar-refractivity contribution in [3.05, 3.63) is 63.2 Å². The van der Waals surface area contributed by atoms with Gasteiger partial charge >= 0.3 is 0 Å². The molecule has 2 aromatic carbocycles. The van der Waals surface area contributed by atoms with Crippen molar-refractivity contribution < 1.29 is 27.7 Å². The number of anilines is 1. The molecule has 0 saturated heterocycles. The molecule has 2 amide bonds. The molecular weight excluding hydrogens is 548 g/mol. The number of carbonyl (C=O) groups excluding carboxylic acids is 2. The lowest BCUT2D eigenvalue weighted by Crippen LogP contribution is -2.53. The zero-order valence-electron chi connectivity index (χ0n) is 22.1. The number of rotatable bonds is 11. The second-order valence-electron chi connectivity index (χ2n) is 9.55. The molecule has 39 heavy (non-hydrogen) atoms. The van der Waals surface area contributed by atoms with E-state index in [9.17, 15) is 28.1 Å². The number of nitro groups is 1. The molecule has 0 bridgehead atoms. The Balaban J connectivity index is 1.95. The molecule has 0 aliphatic heterocycles. The first-order valence-electron chi connectivity index (χ1n) is 12.5. The van der Waals surface area contributed by atoms with Crippen molar-refractivity contribution in [2.75, 3.05) is 24.2 Å². The molecule has 1 N–H and O–H groups in total. The number of nitrogens with zero attached hydrogens (tertiary/aromatic N) is 3. The molecule has 11 nitrogen and oxygen atoms in total. The van der Waals surface area contributed by atoms with Crippen molar-refractivity contribution in [1.29, 1.82) is 0 Å². The van der Waals surface area contributed by atoms with Gasteiger partial charge in [-0.2, -0.15) is 0 Å². The number of halogens is 1. The third kappa shape index (κ3) is 8.06. The lowest BCUT2D eigenvalue weighted by Gasteiger charge is -2.33. The first-order valence-corrected chi connectivity index (χ1v) is 14.8. The summed E-state index contributed by atoms with van der Waals surface area (Å²) in [6.07, 6.45) is 5.76. The second kappa shape index (κ2) is 13.1. The summed E-state index contributed by atoms with van der Waals surface area (Å²) in [7, 11) is -2.81. The Morgan fingerprint density at radius 2 is 1.79 bits per heavy atom. The molecule has 0 heterocycles. The molecule has 1 unspecified atom stereocenters. The van der Waals surface area contributed by atoms with Gasteiger partial charge in [0.15, 0.2) is 0 Å². The number of hydrogen-bond acceptors (Lipinski definition) is 7. The number of non-ortho nitro benzene ring substituents is 1. The number of benzene rings is 2. The molecule has 13 heteroatoms. The van der Waals surface area contributed by atoms with Gasteiger partial charge in [0.25, 0.3) is 5.69 Å². The molecule has 1 aliphatic carbocycles. The van der Waals surface area contributed by atoms with E-state index in [0.717, 1.165) is 48.7 Å². The number of sulfonamides is 1. The highest BCUT2D eigenvalue weighted by Crippen LogP contribution is 2.34. The van der Waals surface area contributed by atoms with Crippen LogP contribution >= 0.6 is 11.6 Å². The summed E-state index contributed by atoms with van der Waals surface area (Å²) in [5, 5.41) is 14.9. The van der Waals surface area contributed by atoms with Crippen LogP contribution in [0.2, 0.25) is 5.02 Å². The Bertz CT molecular complexity index is 1300. The largest absolute Gasteiger partial charge is 0.495 e. The predicted octanol–water partition coefficient (Wildman–Crippen LogP) is 3.89. The molecule has 1 saturated carbocycles. The van der Waals surface area contributed by atoms with Crippen LogP contribution in [0.15, 0.2) is 42.5 Å². The maximum atomic E-state index is 13.7. The first kappa shape index (κ1) is 30.2. The van der Waals surface area contributed by atoms with Crippen LogP contribution in [0.4, 0.5) is 11.4 Å². The molecule has 1 atom stereocenters. The number of carbonyl (C=O) groups is 2. The maximum absolute atomic E-state index is 13.7. The molecule has 212 valence electrons. The molecule has 0 spiro atoms. The zero-order chi connectivity index (χ0) is 28.7. The zero-order valence-corrected chi connectivity index (χ0v) is 23.7. The van der Waals surface area contributed by atoms with Crippen LogP contribution in [0.5, 0.6) is 5.75 Å². The van der Waals surface area contributed by atoms with Crippen molar-refractivity contribution in [1.82, 2.24) is 10.2 Å². The summed E-state index contributed by atoms with van der Waals surface area (Å²) in [6, 6.07) is 9.31. The number of nitro benzene ring substituents is 1.